The zero-order valence-corrected chi connectivity index (χ0v) is 12.7. The lowest BCUT2D eigenvalue weighted by molar-refractivity contribution is 0.130. The summed E-state index contributed by atoms with van der Waals surface area (Å²) in [5.41, 5.74) is 2.18. The van der Waals surface area contributed by atoms with Gasteiger partial charge in [0.15, 0.2) is 0 Å². The van der Waals surface area contributed by atoms with E-state index >= 15 is 0 Å². The topological polar surface area (TPSA) is 32.3 Å². The average molecular weight is 292 g/mol. The van der Waals surface area contributed by atoms with E-state index < -0.39 is 6.10 Å². The molecule has 0 saturated carbocycles. The van der Waals surface area contributed by atoms with Crippen LogP contribution in [0, 0.1) is 0 Å². The molecule has 0 unspecified atom stereocenters. The highest BCUT2D eigenvalue weighted by Crippen LogP contribution is 2.19. The van der Waals surface area contributed by atoms with Gasteiger partial charge in [0.25, 0.3) is 0 Å². The first-order valence-corrected chi connectivity index (χ1v) is 6.72. The molecule has 2 nitrogen and oxygen atoms in total. The van der Waals surface area contributed by atoms with Crippen LogP contribution in [-0.4, -0.2) is 11.1 Å². The Labute approximate surface area is 127 Å². The zero-order valence-electron chi connectivity index (χ0n) is 11.9. The van der Waals surface area contributed by atoms with Crippen LogP contribution >= 0.6 is 12.4 Å². The number of halogens is 1. The van der Waals surface area contributed by atoms with Gasteiger partial charge in [-0.2, -0.15) is 0 Å². The minimum absolute atomic E-state index is 0. The summed E-state index contributed by atoms with van der Waals surface area (Å²) in [4.78, 5) is 0. The van der Waals surface area contributed by atoms with E-state index in [1.165, 1.54) is 5.56 Å². The van der Waals surface area contributed by atoms with Gasteiger partial charge in [0.05, 0.1) is 6.10 Å². The minimum Gasteiger partial charge on any atom is -0.387 e. The maximum Gasteiger partial charge on any atom is 0.0940 e. The molecule has 2 aromatic rings. The van der Waals surface area contributed by atoms with Crippen LogP contribution < -0.4 is 5.32 Å². The summed E-state index contributed by atoms with van der Waals surface area (Å²) in [6, 6.07) is 20.3. The van der Waals surface area contributed by atoms with Gasteiger partial charge in [-0.25, -0.2) is 0 Å². The van der Waals surface area contributed by atoms with Gasteiger partial charge in [-0.1, -0.05) is 60.7 Å². The average Bonchev–Trinajstić information content (AvgIpc) is 2.48. The van der Waals surface area contributed by atoms with Crippen molar-refractivity contribution in [3.8, 4) is 0 Å². The van der Waals surface area contributed by atoms with E-state index in [0.29, 0.717) is 0 Å². The summed E-state index contributed by atoms with van der Waals surface area (Å²) < 4.78 is 0. The van der Waals surface area contributed by atoms with E-state index in [9.17, 15) is 5.11 Å². The van der Waals surface area contributed by atoms with Crippen LogP contribution in [-0.2, 0) is 0 Å². The van der Waals surface area contributed by atoms with Crippen molar-refractivity contribution in [2.24, 2.45) is 0 Å². The Morgan fingerprint density at radius 2 is 1.25 bits per heavy atom. The number of hydrogen-bond acceptors (Lipinski definition) is 2. The third-order valence-corrected chi connectivity index (χ3v) is 3.43. The summed E-state index contributed by atoms with van der Waals surface area (Å²) >= 11 is 0. The van der Waals surface area contributed by atoms with Crippen molar-refractivity contribution in [3.63, 3.8) is 0 Å². The molecule has 2 N–H and O–H groups in total. The highest BCUT2D eigenvalue weighted by Gasteiger charge is 2.18. The quantitative estimate of drug-likeness (QED) is 0.876. The Kier molecular flexibility index (Phi) is 6.73. The fraction of sp³-hybridized carbons (Fsp3) is 0.294. The first-order valence-electron chi connectivity index (χ1n) is 6.72. The molecule has 0 heterocycles. The fourth-order valence-corrected chi connectivity index (χ4v) is 2.26. The van der Waals surface area contributed by atoms with E-state index in [-0.39, 0.29) is 24.5 Å². The largest absolute Gasteiger partial charge is 0.387 e. The molecule has 2 aromatic carbocycles. The molecule has 0 aliphatic rings. The Bertz CT molecular complexity index is 489. The maximum absolute atomic E-state index is 10.3. The third-order valence-electron chi connectivity index (χ3n) is 3.43. The first kappa shape index (κ1) is 16.7. The highest BCUT2D eigenvalue weighted by molar-refractivity contribution is 5.85. The van der Waals surface area contributed by atoms with E-state index in [2.05, 4.69) is 24.4 Å². The van der Waals surface area contributed by atoms with Gasteiger partial charge in [-0.05, 0) is 25.0 Å². The highest BCUT2D eigenvalue weighted by atomic mass is 35.5. The second kappa shape index (κ2) is 8.05. The molecule has 0 aromatic heterocycles. The molecule has 0 saturated heterocycles. The van der Waals surface area contributed by atoms with Crippen molar-refractivity contribution in [1.29, 1.82) is 0 Å². The summed E-state index contributed by atoms with van der Waals surface area (Å²) in [5, 5.41) is 13.8. The van der Waals surface area contributed by atoms with Crippen molar-refractivity contribution in [3.05, 3.63) is 71.8 Å². The molecule has 0 spiro atoms. The molecule has 3 atom stereocenters. The Hall–Kier alpha value is -1.35. The van der Waals surface area contributed by atoms with Crippen molar-refractivity contribution >= 4 is 12.4 Å². The van der Waals surface area contributed by atoms with Crippen LogP contribution in [0.4, 0.5) is 0 Å². The summed E-state index contributed by atoms with van der Waals surface area (Å²) in [7, 11) is 0. The smallest absolute Gasteiger partial charge is 0.0940 e. The molecule has 0 amide bonds. The molecule has 0 fully saturated rings. The first-order chi connectivity index (χ1) is 9.18. The van der Waals surface area contributed by atoms with Crippen LogP contribution in [0.15, 0.2) is 60.7 Å². The number of nitrogens with one attached hydrogen (secondary N) is 1. The molecule has 20 heavy (non-hydrogen) atoms. The predicted octanol–water partition coefficient (Wildman–Crippen LogP) is 3.88. The molecule has 0 aliphatic carbocycles. The van der Waals surface area contributed by atoms with E-state index in [1.807, 2.05) is 55.5 Å². The normalized spacial score (nSPS) is 14.9. The van der Waals surface area contributed by atoms with Gasteiger partial charge in [-0.3, -0.25) is 0 Å². The molecule has 0 bridgehead atoms. The molecule has 2 rings (SSSR count). The van der Waals surface area contributed by atoms with Crippen LogP contribution in [0.2, 0.25) is 0 Å². The maximum atomic E-state index is 10.3. The van der Waals surface area contributed by atoms with Gasteiger partial charge in [0.1, 0.15) is 0 Å². The van der Waals surface area contributed by atoms with Gasteiger partial charge >= 0.3 is 0 Å². The standard InChI is InChI=1S/C17H21NO.ClH/c1-13(15-9-5-3-6-10-15)18-14(2)17(19)16-11-7-4-8-12-16;/h3-14,17-19H,1-2H3;1H/t13-,14+,17+;/m1./s1. The minimum atomic E-state index is -0.493. The molecule has 0 radical (unpaired) electrons. The second-order valence-electron chi connectivity index (χ2n) is 4.94. The van der Waals surface area contributed by atoms with Crippen LogP contribution in [0.1, 0.15) is 37.1 Å². The second-order valence-corrected chi connectivity index (χ2v) is 4.94. The number of aliphatic hydroxyl groups is 1. The third kappa shape index (κ3) is 4.34. The number of hydrogen-bond donors (Lipinski definition) is 2. The SMILES string of the molecule is C[C@H](N[C@H](C)c1ccccc1)[C@H](O)c1ccccc1.Cl. The summed E-state index contributed by atoms with van der Waals surface area (Å²) in [6.07, 6.45) is -0.493. The van der Waals surface area contributed by atoms with Gasteiger partial charge < -0.3 is 10.4 Å². The van der Waals surface area contributed by atoms with E-state index in [1.54, 1.807) is 0 Å². The summed E-state index contributed by atoms with van der Waals surface area (Å²) in [5.74, 6) is 0. The number of benzene rings is 2. The van der Waals surface area contributed by atoms with E-state index in [0.717, 1.165) is 5.56 Å². The molecular weight excluding hydrogens is 270 g/mol. The van der Waals surface area contributed by atoms with Gasteiger partial charge in [0.2, 0.25) is 0 Å². The van der Waals surface area contributed by atoms with Crippen molar-refractivity contribution in [1.82, 2.24) is 5.32 Å². The Balaban J connectivity index is 0.00000200. The van der Waals surface area contributed by atoms with Crippen LogP contribution in [0.3, 0.4) is 0 Å². The molecule has 3 heteroatoms. The lowest BCUT2D eigenvalue weighted by Crippen LogP contribution is -2.34. The van der Waals surface area contributed by atoms with Crippen molar-refractivity contribution in [2.75, 3.05) is 0 Å². The lowest BCUT2D eigenvalue weighted by Gasteiger charge is -2.25. The van der Waals surface area contributed by atoms with Crippen LogP contribution in [0.25, 0.3) is 0 Å². The Morgan fingerprint density at radius 1 is 0.800 bits per heavy atom. The molecule has 108 valence electrons. The monoisotopic (exact) mass is 291 g/mol. The Morgan fingerprint density at radius 3 is 1.75 bits per heavy atom. The molecule has 0 aliphatic heterocycles. The van der Waals surface area contributed by atoms with Crippen LogP contribution in [0.5, 0.6) is 0 Å². The van der Waals surface area contributed by atoms with E-state index in [4.69, 9.17) is 0 Å². The summed E-state index contributed by atoms with van der Waals surface area (Å²) in [6.45, 7) is 4.13. The lowest BCUT2D eigenvalue weighted by atomic mass is 10.0. The number of aliphatic hydroxyl groups excluding tert-OH is 1. The van der Waals surface area contributed by atoms with Crippen molar-refractivity contribution < 1.29 is 5.11 Å². The van der Waals surface area contributed by atoms with Gasteiger partial charge in [-0.15, -0.1) is 12.4 Å². The van der Waals surface area contributed by atoms with Crippen molar-refractivity contribution in [2.45, 2.75) is 32.0 Å². The molecular formula is C17H22ClNO. The fourth-order valence-electron chi connectivity index (χ4n) is 2.26. The van der Waals surface area contributed by atoms with Gasteiger partial charge in [0, 0.05) is 12.1 Å². The number of rotatable bonds is 5. The predicted molar refractivity (Wildman–Crippen MR) is 86.1 cm³/mol. The zero-order chi connectivity index (χ0) is 13.7.